The first kappa shape index (κ1) is 14.4. The number of benzene rings is 1. The minimum Gasteiger partial charge on any atom is -0.494 e. The van der Waals surface area contributed by atoms with Crippen molar-refractivity contribution < 1.29 is 4.74 Å². The van der Waals surface area contributed by atoms with Crippen molar-refractivity contribution >= 4 is 5.69 Å². The van der Waals surface area contributed by atoms with Gasteiger partial charge in [-0.3, -0.25) is 4.90 Å². The molecule has 0 saturated carbocycles. The largest absolute Gasteiger partial charge is 0.494 e. The van der Waals surface area contributed by atoms with Gasteiger partial charge >= 0.3 is 0 Å². The van der Waals surface area contributed by atoms with Crippen molar-refractivity contribution in [2.24, 2.45) is 7.05 Å². The van der Waals surface area contributed by atoms with Crippen LogP contribution in [0.3, 0.4) is 0 Å². The Morgan fingerprint density at radius 3 is 2.70 bits per heavy atom. The Morgan fingerprint density at radius 2 is 2.05 bits per heavy atom. The van der Waals surface area contributed by atoms with Crippen molar-refractivity contribution in [1.82, 2.24) is 14.5 Å². The third-order valence-electron chi connectivity index (χ3n) is 3.17. The van der Waals surface area contributed by atoms with E-state index in [1.165, 1.54) is 0 Å². The van der Waals surface area contributed by atoms with Crippen LogP contribution in [-0.2, 0) is 13.6 Å². The quantitative estimate of drug-likeness (QED) is 0.619. The van der Waals surface area contributed by atoms with E-state index in [0.29, 0.717) is 6.61 Å². The number of aryl methyl sites for hydroxylation is 1. The van der Waals surface area contributed by atoms with E-state index in [1.807, 2.05) is 48.3 Å². The van der Waals surface area contributed by atoms with Crippen LogP contribution in [0.5, 0.6) is 5.75 Å². The average Bonchev–Trinajstić information content (AvgIpc) is 2.82. The Kier molecular flexibility index (Phi) is 5.01. The minimum atomic E-state index is 0.703. The van der Waals surface area contributed by atoms with E-state index >= 15 is 0 Å². The van der Waals surface area contributed by atoms with Gasteiger partial charge in [0.1, 0.15) is 11.6 Å². The summed E-state index contributed by atoms with van der Waals surface area (Å²) in [4.78, 5) is 6.56. The van der Waals surface area contributed by atoms with Gasteiger partial charge in [0, 0.05) is 31.7 Å². The number of hydrogen-bond acceptors (Lipinski definition) is 4. The molecular weight excluding hydrogens is 252 g/mol. The van der Waals surface area contributed by atoms with Gasteiger partial charge in [-0.15, -0.1) is 0 Å². The maximum atomic E-state index is 5.67. The molecule has 108 valence electrons. The molecule has 0 amide bonds. The number of nitrogens with zero attached hydrogens (tertiary/aromatic N) is 3. The third kappa shape index (κ3) is 4.28. The van der Waals surface area contributed by atoms with Crippen LogP contribution in [-0.4, -0.2) is 34.7 Å². The first-order valence-electron chi connectivity index (χ1n) is 6.78. The highest BCUT2D eigenvalue weighted by Gasteiger charge is 2.04. The lowest BCUT2D eigenvalue weighted by Gasteiger charge is -2.16. The lowest BCUT2D eigenvalue weighted by molar-refractivity contribution is 0.254. The van der Waals surface area contributed by atoms with Crippen molar-refractivity contribution in [1.29, 1.82) is 0 Å². The fourth-order valence-corrected chi connectivity index (χ4v) is 1.96. The molecule has 1 aromatic heterocycles. The Labute approximate surface area is 120 Å². The average molecular weight is 274 g/mol. The van der Waals surface area contributed by atoms with E-state index in [4.69, 9.17) is 10.5 Å². The van der Waals surface area contributed by atoms with Crippen molar-refractivity contribution in [3.8, 4) is 5.75 Å². The van der Waals surface area contributed by atoms with E-state index in [0.717, 1.165) is 36.8 Å². The van der Waals surface area contributed by atoms with E-state index in [-0.39, 0.29) is 0 Å². The zero-order chi connectivity index (χ0) is 14.4. The second kappa shape index (κ2) is 6.96. The summed E-state index contributed by atoms with van der Waals surface area (Å²) >= 11 is 0. The normalized spacial score (nSPS) is 10.9. The van der Waals surface area contributed by atoms with Gasteiger partial charge in [0.05, 0.1) is 13.2 Å². The van der Waals surface area contributed by atoms with Gasteiger partial charge in [-0.2, -0.15) is 0 Å². The molecule has 0 unspecified atom stereocenters. The summed E-state index contributed by atoms with van der Waals surface area (Å²) in [6.07, 6.45) is 4.77. The first-order chi connectivity index (χ1) is 9.65. The number of rotatable bonds is 7. The molecule has 0 aliphatic heterocycles. The molecule has 0 fully saturated rings. The maximum Gasteiger partial charge on any atom is 0.122 e. The van der Waals surface area contributed by atoms with Crippen LogP contribution in [0.15, 0.2) is 36.7 Å². The standard InChI is InChI=1S/C15H22N4O/c1-18(12-15-17-8-10-19(15)2)9-3-11-20-14-6-4-13(16)5-7-14/h4-8,10H,3,9,11-12,16H2,1-2H3. The smallest absolute Gasteiger partial charge is 0.122 e. The number of ether oxygens (including phenoxy) is 1. The second-order valence-electron chi connectivity index (χ2n) is 4.96. The third-order valence-corrected chi connectivity index (χ3v) is 3.17. The van der Waals surface area contributed by atoms with Crippen LogP contribution >= 0.6 is 0 Å². The molecule has 1 heterocycles. The molecule has 0 aliphatic rings. The highest BCUT2D eigenvalue weighted by atomic mass is 16.5. The molecule has 0 saturated heterocycles. The summed E-state index contributed by atoms with van der Waals surface area (Å²) in [6.45, 7) is 2.53. The van der Waals surface area contributed by atoms with Crippen LogP contribution in [0, 0.1) is 0 Å². The van der Waals surface area contributed by atoms with Crippen LogP contribution in [0.4, 0.5) is 5.69 Å². The fraction of sp³-hybridized carbons (Fsp3) is 0.400. The van der Waals surface area contributed by atoms with Gasteiger partial charge < -0.3 is 15.0 Å². The van der Waals surface area contributed by atoms with Crippen molar-refractivity contribution in [2.75, 3.05) is 25.9 Å². The Balaban J connectivity index is 1.65. The van der Waals surface area contributed by atoms with Crippen molar-refractivity contribution in [3.05, 3.63) is 42.5 Å². The summed E-state index contributed by atoms with van der Waals surface area (Å²) in [5, 5.41) is 0. The van der Waals surface area contributed by atoms with Crippen molar-refractivity contribution in [2.45, 2.75) is 13.0 Å². The molecule has 0 radical (unpaired) electrons. The second-order valence-corrected chi connectivity index (χ2v) is 4.96. The molecule has 5 heteroatoms. The molecule has 2 aromatic rings. The van der Waals surface area contributed by atoms with Gasteiger partial charge in [0.25, 0.3) is 0 Å². The number of anilines is 1. The highest BCUT2D eigenvalue weighted by Crippen LogP contribution is 2.13. The van der Waals surface area contributed by atoms with E-state index in [9.17, 15) is 0 Å². The molecule has 0 bridgehead atoms. The molecule has 0 spiro atoms. The van der Waals surface area contributed by atoms with Gasteiger partial charge in [-0.05, 0) is 37.7 Å². The summed E-state index contributed by atoms with van der Waals surface area (Å²) in [6, 6.07) is 7.49. The number of nitrogens with two attached hydrogens (primary N) is 1. The van der Waals surface area contributed by atoms with Gasteiger partial charge in [-0.1, -0.05) is 0 Å². The van der Waals surface area contributed by atoms with E-state index < -0.39 is 0 Å². The number of imidazole rings is 1. The number of hydrogen-bond donors (Lipinski definition) is 1. The van der Waals surface area contributed by atoms with Crippen LogP contribution in [0.1, 0.15) is 12.2 Å². The molecule has 1 aromatic carbocycles. The summed E-state index contributed by atoms with van der Waals surface area (Å²) in [7, 11) is 4.11. The zero-order valence-corrected chi connectivity index (χ0v) is 12.1. The molecule has 2 rings (SSSR count). The molecule has 5 nitrogen and oxygen atoms in total. The SMILES string of the molecule is CN(CCCOc1ccc(N)cc1)Cc1nccn1C. The summed E-state index contributed by atoms with van der Waals surface area (Å²) in [5.74, 6) is 1.94. The molecular formula is C15H22N4O. The highest BCUT2D eigenvalue weighted by molar-refractivity contribution is 5.41. The van der Waals surface area contributed by atoms with Crippen molar-refractivity contribution in [3.63, 3.8) is 0 Å². The van der Waals surface area contributed by atoms with E-state index in [1.54, 1.807) is 0 Å². The Morgan fingerprint density at radius 1 is 1.30 bits per heavy atom. The Bertz CT molecular complexity index is 521. The van der Waals surface area contributed by atoms with Crippen LogP contribution in [0.25, 0.3) is 0 Å². The maximum absolute atomic E-state index is 5.67. The molecule has 0 atom stereocenters. The van der Waals surface area contributed by atoms with Gasteiger partial charge in [0.2, 0.25) is 0 Å². The fourth-order valence-electron chi connectivity index (χ4n) is 1.96. The first-order valence-corrected chi connectivity index (χ1v) is 6.78. The lowest BCUT2D eigenvalue weighted by atomic mass is 10.3. The predicted octanol–water partition coefficient (Wildman–Crippen LogP) is 1.90. The topological polar surface area (TPSA) is 56.3 Å². The number of aromatic nitrogens is 2. The monoisotopic (exact) mass is 274 g/mol. The van der Waals surface area contributed by atoms with Gasteiger partial charge in [0.15, 0.2) is 0 Å². The number of nitrogen functional groups attached to an aromatic ring is 1. The summed E-state index contributed by atoms with van der Waals surface area (Å²) < 4.78 is 7.71. The van der Waals surface area contributed by atoms with Crippen LogP contribution in [0.2, 0.25) is 0 Å². The van der Waals surface area contributed by atoms with Gasteiger partial charge in [-0.25, -0.2) is 4.98 Å². The Hall–Kier alpha value is -2.01. The zero-order valence-electron chi connectivity index (χ0n) is 12.1. The lowest BCUT2D eigenvalue weighted by Crippen LogP contribution is -2.22. The predicted molar refractivity (Wildman–Crippen MR) is 80.5 cm³/mol. The van der Waals surface area contributed by atoms with E-state index in [2.05, 4.69) is 16.9 Å². The molecule has 20 heavy (non-hydrogen) atoms. The minimum absolute atomic E-state index is 0.703. The van der Waals surface area contributed by atoms with Crippen LogP contribution < -0.4 is 10.5 Å². The molecule has 0 aliphatic carbocycles. The molecule has 2 N–H and O–H groups in total. The summed E-state index contributed by atoms with van der Waals surface area (Å²) in [5.41, 5.74) is 6.38.